The lowest BCUT2D eigenvalue weighted by molar-refractivity contribution is 0.103. The van der Waals surface area contributed by atoms with E-state index in [0.717, 1.165) is 5.56 Å². The second-order valence-electron chi connectivity index (χ2n) is 4.62. The van der Waals surface area contributed by atoms with E-state index in [-0.39, 0.29) is 26.9 Å². The van der Waals surface area contributed by atoms with Crippen molar-refractivity contribution in [2.75, 3.05) is 5.73 Å². The van der Waals surface area contributed by atoms with Crippen LogP contribution in [-0.4, -0.2) is 5.78 Å². The van der Waals surface area contributed by atoms with Crippen LogP contribution in [0.5, 0.6) is 0 Å². The van der Waals surface area contributed by atoms with Gasteiger partial charge >= 0.3 is 0 Å². The Morgan fingerprint density at radius 3 is 2.15 bits per heavy atom. The first-order chi connectivity index (χ1) is 9.31. The molecule has 0 aliphatic carbocycles. The number of hydrogen-bond donors (Lipinski definition) is 1. The predicted molar refractivity (Wildman–Crippen MR) is 80.2 cm³/mol. The first-order valence-electron chi connectivity index (χ1n) is 5.87. The zero-order valence-electron chi connectivity index (χ0n) is 10.9. The molecule has 0 aliphatic heterocycles. The Kier molecular flexibility index (Phi) is 4.02. The average Bonchev–Trinajstić information content (AvgIpc) is 2.33. The number of rotatable bonds is 2. The molecule has 0 unspecified atom stereocenters. The first kappa shape index (κ1) is 14.8. The molecule has 0 atom stereocenters. The van der Waals surface area contributed by atoms with Gasteiger partial charge in [0.15, 0.2) is 5.78 Å². The average molecular weight is 312 g/mol. The summed E-state index contributed by atoms with van der Waals surface area (Å²) in [6.45, 7) is 3.45. The fourth-order valence-electron chi connectivity index (χ4n) is 2.06. The molecule has 20 heavy (non-hydrogen) atoms. The molecule has 0 aliphatic rings. The molecular weight excluding hydrogens is 300 g/mol. The lowest BCUT2D eigenvalue weighted by Crippen LogP contribution is -2.08. The Balaban J connectivity index is 2.58. The maximum absolute atomic E-state index is 14.0. The summed E-state index contributed by atoms with van der Waals surface area (Å²) in [6.07, 6.45) is 0. The Bertz CT molecular complexity index is 667. The van der Waals surface area contributed by atoms with Crippen molar-refractivity contribution in [3.05, 3.63) is 62.4 Å². The third-order valence-electron chi connectivity index (χ3n) is 3.00. The minimum atomic E-state index is -0.559. The van der Waals surface area contributed by atoms with Crippen molar-refractivity contribution < 1.29 is 9.18 Å². The Morgan fingerprint density at radius 1 is 1.10 bits per heavy atom. The quantitative estimate of drug-likeness (QED) is 0.652. The zero-order chi connectivity index (χ0) is 15.0. The van der Waals surface area contributed by atoms with Crippen LogP contribution in [0.25, 0.3) is 0 Å². The van der Waals surface area contributed by atoms with Gasteiger partial charge in [0.1, 0.15) is 5.82 Å². The van der Waals surface area contributed by atoms with E-state index in [9.17, 15) is 9.18 Å². The fraction of sp³-hybridized carbons (Fsp3) is 0.133. The van der Waals surface area contributed by atoms with Gasteiger partial charge in [0, 0.05) is 5.56 Å². The summed E-state index contributed by atoms with van der Waals surface area (Å²) in [5.41, 5.74) is 7.37. The van der Waals surface area contributed by atoms with Gasteiger partial charge in [-0.25, -0.2) is 4.39 Å². The van der Waals surface area contributed by atoms with Gasteiger partial charge in [-0.15, -0.1) is 0 Å². The van der Waals surface area contributed by atoms with Crippen LogP contribution in [-0.2, 0) is 0 Å². The molecule has 2 nitrogen and oxygen atoms in total. The number of hydrogen-bond acceptors (Lipinski definition) is 2. The highest BCUT2D eigenvalue weighted by Crippen LogP contribution is 2.30. The van der Waals surface area contributed by atoms with E-state index in [1.165, 1.54) is 18.2 Å². The smallest absolute Gasteiger partial charge is 0.196 e. The summed E-state index contributed by atoms with van der Waals surface area (Å²) < 4.78 is 14.0. The minimum Gasteiger partial charge on any atom is -0.396 e. The molecule has 2 N–H and O–H groups in total. The maximum atomic E-state index is 14.0. The number of nitrogen functional groups attached to an aromatic ring is 1. The van der Waals surface area contributed by atoms with E-state index >= 15 is 0 Å². The molecule has 0 amide bonds. The van der Waals surface area contributed by atoms with Crippen LogP contribution in [0, 0.1) is 19.7 Å². The summed E-state index contributed by atoms with van der Waals surface area (Å²) in [4.78, 5) is 12.4. The number of benzene rings is 2. The fourth-order valence-corrected chi connectivity index (χ4v) is 2.55. The van der Waals surface area contributed by atoms with E-state index in [1.54, 1.807) is 19.9 Å². The molecule has 5 heteroatoms. The first-order valence-corrected chi connectivity index (χ1v) is 6.63. The van der Waals surface area contributed by atoms with Crippen LogP contribution >= 0.6 is 23.2 Å². The van der Waals surface area contributed by atoms with Crippen molar-refractivity contribution in [3.63, 3.8) is 0 Å². The lowest BCUT2D eigenvalue weighted by Gasteiger charge is -2.10. The summed E-state index contributed by atoms with van der Waals surface area (Å²) in [5, 5.41) is 0.344. The molecule has 0 saturated heterocycles. The minimum absolute atomic E-state index is 0.0208. The van der Waals surface area contributed by atoms with Crippen LogP contribution in [0.3, 0.4) is 0 Å². The molecule has 0 spiro atoms. The summed E-state index contributed by atoms with van der Waals surface area (Å²) in [6, 6.07) is 5.85. The van der Waals surface area contributed by atoms with Crippen molar-refractivity contribution in [2.24, 2.45) is 0 Å². The molecule has 0 bridgehead atoms. The lowest BCUT2D eigenvalue weighted by atomic mass is 9.97. The summed E-state index contributed by atoms with van der Waals surface area (Å²) in [5.74, 6) is -1.03. The second kappa shape index (κ2) is 5.43. The number of halogens is 3. The molecule has 2 aromatic rings. The summed E-state index contributed by atoms with van der Waals surface area (Å²) >= 11 is 11.8. The van der Waals surface area contributed by atoms with Gasteiger partial charge in [0.25, 0.3) is 0 Å². The van der Waals surface area contributed by atoms with Crippen molar-refractivity contribution >= 4 is 34.7 Å². The SMILES string of the molecule is Cc1cc(C)c(C(=O)c2cc(Cl)c(N)c(Cl)c2)c(F)c1. The number of nitrogens with two attached hydrogens (primary N) is 1. The number of anilines is 1. The topological polar surface area (TPSA) is 43.1 Å². The summed E-state index contributed by atoms with van der Waals surface area (Å²) in [7, 11) is 0. The Labute approximate surface area is 126 Å². The van der Waals surface area contributed by atoms with Crippen molar-refractivity contribution in [3.8, 4) is 0 Å². The van der Waals surface area contributed by atoms with Gasteiger partial charge in [-0.2, -0.15) is 0 Å². The number of aryl methyl sites for hydroxylation is 2. The van der Waals surface area contributed by atoms with Crippen LogP contribution in [0.1, 0.15) is 27.0 Å². The number of ketones is 1. The van der Waals surface area contributed by atoms with Gasteiger partial charge in [-0.1, -0.05) is 29.3 Å². The molecule has 0 aromatic heterocycles. The third-order valence-corrected chi connectivity index (χ3v) is 3.63. The standard InChI is InChI=1S/C15H12Cl2FNO/c1-7-3-8(2)13(12(18)4-7)15(20)9-5-10(16)14(19)11(17)6-9/h3-6H,19H2,1-2H3. The van der Waals surface area contributed by atoms with Crippen LogP contribution in [0.2, 0.25) is 10.0 Å². The largest absolute Gasteiger partial charge is 0.396 e. The molecule has 0 fully saturated rings. The van der Waals surface area contributed by atoms with Gasteiger partial charge in [0.05, 0.1) is 21.3 Å². The Morgan fingerprint density at radius 2 is 1.65 bits per heavy atom. The highest BCUT2D eigenvalue weighted by molar-refractivity contribution is 6.39. The van der Waals surface area contributed by atoms with Gasteiger partial charge < -0.3 is 5.73 Å². The van der Waals surface area contributed by atoms with E-state index in [4.69, 9.17) is 28.9 Å². The number of carbonyl (C=O) groups is 1. The second-order valence-corrected chi connectivity index (χ2v) is 5.44. The molecule has 104 valence electrons. The van der Waals surface area contributed by atoms with Gasteiger partial charge in [-0.05, 0) is 43.2 Å². The normalized spacial score (nSPS) is 10.7. The van der Waals surface area contributed by atoms with Crippen molar-refractivity contribution in [2.45, 2.75) is 13.8 Å². The zero-order valence-corrected chi connectivity index (χ0v) is 12.4. The van der Waals surface area contributed by atoms with Crippen LogP contribution < -0.4 is 5.73 Å². The van der Waals surface area contributed by atoms with Crippen molar-refractivity contribution in [1.29, 1.82) is 0 Å². The number of carbonyl (C=O) groups excluding carboxylic acids is 1. The van der Waals surface area contributed by atoms with E-state index in [0.29, 0.717) is 5.56 Å². The van der Waals surface area contributed by atoms with E-state index < -0.39 is 11.6 Å². The monoisotopic (exact) mass is 311 g/mol. The molecule has 2 rings (SSSR count). The maximum Gasteiger partial charge on any atom is 0.196 e. The van der Waals surface area contributed by atoms with E-state index in [1.807, 2.05) is 0 Å². The third kappa shape index (κ3) is 2.65. The molecule has 0 radical (unpaired) electrons. The van der Waals surface area contributed by atoms with Gasteiger partial charge in [0.2, 0.25) is 0 Å². The highest BCUT2D eigenvalue weighted by Gasteiger charge is 2.19. The molecule has 0 heterocycles. The van der Waals surface area contributed by atoms with Crippen LogP contribution in [0.15, 0.2) is 24.3 Å². The molecule has 0 saturated carbocycles. The van der Waals surface area contributed by atoms with Crippen LogP contribution in [0.4, 0.5) is 10.1 Å². The highest BCUT2D eigenvalue weighted by atomic mass is 35.5. The molecular formula is C15H12Cl2FNO. The van der Waals surface area contributed by atoms with Crippen molar-refractivity contribution in [1.82, 2.24) is 0 Å². The Hall–Kier alpha value is -1.58. The van der Waals surface area contributed by atoms with E-state index in [2.05, 4.69) is 0 Å². The predicted octanol–water partition coefficient (Wildman–Crippen LogP) is 4.56. The molecule has 2 aromatic carbocycles. The van der Waals surface area contributed by atoms with Gasteiger partial charge in [-0.3, -0.25) is 4.79 Å².